The summed E-state index contributed by atoms with van der Waals surface area (Å²) in [4.78, 5) is 0. The zero-order chi connectivity index (χ0) is 14.5. The Bertz CT molecular complexity index is 606. The molecule has 0 spiro atoms. The van der Waals surface area contributed by atoms with Crippen LogP contribution < -0.4 is 10.5 Å². The first-order chi connectivity index (χ1) is 9.60. The average Bonchev–Trinajstić information content (AvgIpc) is 2.46. The van der Waals surface area contributed by atoms with Crippen molar-refractivity contribution in [3.05, 3.63) is 64.1 Å². The maximum Gasteiger partial charge on any atom is 0.138 e. The van der Waals surface area contributed by atoms with Crippen LogP contribution >= 0.6 is 28.3 Å². The molecule has 0 aromatic heterocycles. The van der Waals surface area contributed by atoms with Crippen LogP contribution in [0, 0.1) is 11.3 Å². The van der Waals surface area contributed by atoms with Crippen molar-refractivity contribution in [2.45, 2.75) is 19.1 Å². The molecule has 0 fully saturated rings. The molecule has 3 nitrogen and oxygen atoms in total. The molecule has 0 saturated carbocycles. The molecule has 0 heterocycles. The molecule has 5 heteroatoms. The molecule has 0 radical (unpaired) electrons. The third-order valence-corrected chi connectivity index (χ3v) is 3.45. The van der Waals surface area contributed by atoms with Crippen molar-refractivity contribution < 1.29 is 4.74 Å². The Morgan fingerprint density at radius 3 is 2.14 bits per heavy atom. The number of nitrogens with zero attached hydrogens (tertiary/aromatic N) is 1. The molecule has 0 aliphatic heterocycles. The van der Waals surface area contributed by atoms with Crippen LogP contribution in [-0.2, 0) is 0 Å². The van der Waals surface area contributed by atoms with E-state index in [0.717, 1.165) is 10.0 Å². The first kappa shape index (κ1) is 17.5. The van der Waals surface area contributed by atoms with Gasteiger partial charge in [-0.05, 0) is 48.9 Å². The lowest BCUT2D eigenvalue weighted by Crippen LogP contribution is -2.29. The second kappa shape index (κ2) is 8.04. The minimum atomic E-state index is -0.226. The fourth-order valence-corrected chi connectivity index (χ4v) is 2.15. The Balaban J connectivity index is 0.00000220. The topological polar surface area (TPSA) is 59.0 Å². The van der Waals surface area contributed by atoms with E-state index >= 15 is 0 Å². The van der Waals surface area contributed by atoms with E-state index in [1.807, 2.05) is 31.2 Å². The number of hydrogen-bond acceptors (Lipinski definition) is 3. The van der Waals surface area contributed by atoms with Crippen molar-refractivity contribution >= 4 is 28.3 Å². The van der Waals surface area contributed by atoms with Crippen LogP contribution in [0.3, 0.4) is 0 Å². The fourth-order valence-electron chi connectivity index (χ4n) is 1.89. The van der Waals surface area contributed by atoms with Gasteiger partial charge in [-0.2, -0.15) is 5.26 Å². The van der Waals surface area contributed by atoms with Crippen LogP contribution in [0.1, 0.15) is 24.2 Å². The normalized spacial score (nSPS) is 12.7. The molecule has 0 aliphatic carbocycles. The third-order valence-electron chi connectivity index (χ3n) is 2.92. The van der Waals surface area contributed by atoms with Gasteiger partial charge in [0.2, 0.25) is 0 Å². The SMILES string of the molecule is C[C@H](N)[C@H](Oc1ccc(C#N)cc1)c1ccc(Br)cc1.Cl. The molecule has 2 rings (SSSR count). The second-order valence-corrected chi connectivity index (χ2v) is 5.50. The van der Waals surface area contributed by atoms with Gasteiger partial charge in [-0.15, -0.1) is 12.4 Å². The van der Waals surface area contributed by atoms with Crippen molar-refractivity contribution in [1.29, 1.82) is 5.26 Å². The third kappa shape index (κ3) is 4.75. The minimum Gasteiger partial charge on any atom is -0.484 e. The first-order valence-electron chi connectivity index (χ1n) is 6.28. The van der Waals surface area contributed by atoms with Crippen molar-refractivity contribution in [3.8, 4) is 11.8 Å². The Morgan fingerprint density at radius 2 is 1.67 bits per heavy atom. The van der Waals surface area contributed by atoms with E-state index < -0.39 is 0 Å². The van der Waals surface area contributed by atoms with Gasteiger partial charge in [0.1, 0.15) is 11.9 Å². The average molecular weight is 368 g/mol. The Hall–Kier alpha value is -1.54. The van der Waals surface area contributed by atoms with E-state index in [9.17, 15) is 0 Å². The maximum absolute atomic E-state index is 8.79. The molecule has 110 valence electrons. The Labute approximate surface area is 139 Å². The summed E-state index contributed by atoms with van der Waals surface area (Å²) in [5, 5.41) is 8.79. The van der Waals surface area contributed by atoms with E-state index in [0.29, 0.717) is 11.3 Å². The number of nitrogens with two attached hydrogens (primary N) is 1. The summed E-state index contributed by atoms with van der Waals surface area (Å²) in [6, 6.07) is 16.9. The summed E-state index contributed by atoms with van der Waals surface area (Å²) in [6.07, 6.45) is -0.226. The maximum atomic E-state index is 8.79. The van der Waals surface area contributed by atoms with Crippen molar-refractivity contribution in [2.24, 2.45) is 5.73 Å². The molecule has 0 amide bonds. The molecule has 0 bridgehead atoms. The summed E-state index contributed by atoms with van der Waals surface area (Å²) < 4.78 is 6.97. The van der Waals surface area contributed by atoms with Crippen LogP contribution in [0.4, 0.5) is 0 Å². The molecular weight excluding hydrogens is 352 g/mol. The number of hydrogen-bond donors (Lipinski definition) is 1. The summed E-state index contributed by atoms with van der Waals surface area (Å²) in [6.45, 7) is 1.91. The summed E-state index contributed by atoms with van der Waals surface area (Å²) in [7, 11) is 0. The number of benzene rings is 2. The van der Waals surface area contributed by atoms with Gasteiger partial charge < -0.3 is 10.5 Å². The smallest absolute Gasteiger partial charge is 0.138 e. The summed E-state index contributed by atoms with van der Waals surface area (Å²) in [5.41, 5.74) is 7.65. The predicted molar refractivity (Wildman–Crippen MR) is 89.6 cm³/mol. The van der Waals surface area contributed by atoms with Gasteiger partial charge in [0.15, 0.2) is 0 Å². The first-order valence-corrected chi connectivity index (χ1v) is 7.07. The van der Waals surface area contributed by atoms with Gasteiger partial charge in [0.05, 0.1) is 11.6 Å². The van der Waals surface area contributed by atoms with Crippen molar-refractivity contribution in [2.75, 3.05) is 0 Å². The van der Waals surface area contributed by atoms with Gasteiger partial charge in [-0.3, -0.25) is 0 Å². The van der Waals surface area contributed by atoms with Gasteiger partial charge >= 0.3 is 0 Å². The molecule has 2 N–H and O–H groups in total. The fraction of sp³-hybridized carbons (Fsp3) is 0.188. The standard InChI is InChI=1S/C16H15BrN2O.ClH/c1-11(19)16(13-4-6-14(17)7-5-13)20-15-8-2-12(10-18)3-9-15;/h2-9,11,16H,19H2,1H3;1H/t11-,16-;/m0./s1. The molecule has 21 heavy (non-hydrogen) atoms. The lowest BCUT2D eigenvalue weighted by molar-refractivity contribution is 0.180. The van der Waals surface area contributed by atoms with E-state index in [2.05, 4.69) is 22.0 Å². The highest BCUT2D eigenvalue weighted by Crippen LogP contribution is 2.25. The zero-order valence-corrected chi connectivity index (χ0v) is 13.9. The van der Waals surface area contributed by atoms with E-state index in [4.69, 9.17) is 15.7 Å². The van der Waals surface area contributed by atoms with Crippen molar-refractivity contribution in [3.63, 3.8) is 0 Å². The lowest BCUT2D eigenvalue weighted by atomic mass is 10.0. The van der Waals surface area contributed by atoms with Crippen LogP contribution in [0.25, 0.3) is 0 Å². The van der Waals surface area contributed by atoms with Crippen LogP contribution in [-0.4, -0.2) is 6.04 Å². The predicted octanol–water partition coefficient (Wildman–Crippen LogP) is 4.21. The van der Waals surface area contributed by atoms with E-state index in [1.165, 1.54) is 0 Å². The molecule has 2 atom stereocenters. The van der Waals surface area contributed by atoms with Gasteiger partial charge in [-0.1, -0.05) is 28.1 Å². The van der Waals surface area contributed by atoms with Crippen LogP contribution in [0.2, 0.25) is 0 Å². The number of nitriles is 1. The van der Waals surface area contributed by atoms with Crippen LogP contribution in [0.15, 0.2) is 53.0 Å². The van der Waals surface area contributed by atoms with E-state index in [-0.39, 0.29) is 24.6 Å². The Kier molecular flexibility index (Phi) is 6.70. The monoisotopic (exact) mass is 366 g/mol. The molecule has 0 saturated heterocycles. The molecule has 0 aliphatic rings. The molecular formula is C16H16BrClN2O. The highest BCUT2D eigenvalue weighted by atomic mass is 79.9. The van der Waals surface area contributed by atoms with E-state index in [1.54, 1.807) is 24.3 Å². The highest BCUT2D eigenvalue weighted by molar-refractivity contribution is 9.10. The largest absolute Gasteiger partial charge is 0.484 e. The van der Waals surface area contributed by atoms with Gasteiger partial charge in [-0.25, -0.2) is 0 Å². The number of ether oxygens (including phenoxy) is 1. The van der Waals surface area contributed by atoms with Gasteiger partial charge in [0.25, 0.3) is 0 Å². The second-order valence-electron chi connectivity index (χ2n) is 4.59. The van der Waals surface area contributed by atoms with Gasteiger partial charge in [0, 0.05) is 10.5 Å². The lowest BCUT2D eigenvalue weighted by Gasteiger charge is -2.23. The Morgan fingerprint density at radius 1 is 1.10 bits per heavy atom. The molecule has 0 unspecified atom stereocenters. The zero-order valence-electron chi connectivity index (χ0n) is 11.5. The summed E-state index contributed by atoms with van der Waals surface area (Å²) in [5.74, 6) is 0.703. The van der Waals surface area contributed by atoms with Crippen molar-refractivity contribution in [1.82, 2.24) is 0 Å². The molecule has 2 aromatic rings. The van der Waals surface area contributed by atoms with Crippen LogP contribution in [0.5, 0.6) is 5.75 Å². The number of halogens is 2. The minimum absolute atomic E-state index is 0. The summed E-state index contributed by atoms with van der Waals surface area (Å²) >= 11 is 3.41. The molecule has 2 aromatic carbocycles. The highest BCUT2D eigenvalue weighted by Gasteiger charge is 2.18. The quantitative estimate of drug-likeness (QED) is 0.880. The number of rotatable bonds is 4.